The molecule has 4 aromatic heterocycles. The van der Waals surface area contributed by atoms with Crippen LogP contribution < -0.4 is 0 Å². The third-order valence-corrected chi connectivity index (χ3v) is 7.08. The Morgan fingerprint density at radius 2 is 1.76 bits per heavy atom. The molecule has 11 heteroatoms. The highest BCUT2D eigenvalue weighted by molar-refractivity contribution is 5.86. The van der Waals surface area contributed by atoms with Crippen LogP contribution in [0.15, 0.2) is 30.7 Å². The van der Waals surface area contributed by atoms with Crippen molar-refractivity contribution in [2.24, 2.45) is 0 Å². The molecule has 1 aliphatic carbocycles. The molecule has 4 aromatic rings. The number of aryl methyl sites for hydroxylation is 2. The Morgan fingerprint density at radius 1 is 0.973 bits per heavy atom. The van der Waals surface area contributed by atoms with Gasteiger partial charge < -0.3 is 4.74 Å². The van der Waals surface area contributed by atoms with E-state index in [0.717, 1.165) is 30.2 Å². The fraction of sp³-hybridized carbons (Fsp3) is 0.462. The minimum absolute atomic E-state index is 0.0330. The third kappa shape index (κ3) is 4.68. The highest BCUT2D eigenvalue weighted by atomic mass is 19.4. The number of nitrogens with zero attached hydrogens (tertiary/aromatic N) is 7. The smallest absolute Gasteiger partial charge is 0.370 e. The summed E-state index contributed by atoms with van der Waals surface area (Å²) in [4.78, 5) is 22.6. The second kappa shape index (κ2) is 8.83. The second-order valence-electron chi connectivity index (χ2n) is 10.0. The third-order valence-electron chi connectivity index (χ3n) is 7.08. The van der Waals surface area contributed by atoms with Crippen molar-refractivity contribution >= 4 is 11.2 Å². The molecule has 1 aliphatic heterocycles. The number of pyridine rings is 1. The lowest BCUT2D eigenvalue weighted by Crippen LogP contribution is -2.26. The van der Waals surface area contributed by atoms with E-state index in [-0.39, 0.29) is 18.1 Å². The minimum atomic E-state index is -4.52. The van der Waals surface area contributed by atoms with E-state index in [4.69, 9.17) is 14.7 Å². The first-order valence-corrected chi connectivity index (χ1v) is 12.4. The molecule has 2 fully saturated rings. The zero-order valence-corrected chi connectivity index (χ0v) is 20.7. The van der Waals surface area contributed by atoms with Crippen LogP contribution in [0.25, 0.3) is 22.4 Å². The zero-order chi connectivity index (χ0) is 25.9. The largest absolute Gasteiger partial charge is 0.433 e. The summed E-state index contributed by atoms with van der Waals surface area (Å²) in [5.74, 6) is 0.543. The normalized spacial score (nSPS) is 22.5. The molecule has 2 aliphatic rings. The monoisotopic (exact) mass is 509 g/mol. The van der Waals surface area contributed by atoms with Gasteiger partial charge in [0.05, 0.1) is 35.8 Å². The van der Waals surface area contributed by atoms with Gasteiger partial charge in [0.1, 0.15) is 22.7 Å². The number of ether oxygens (including phenoxy) is 1. The highest BCUT2D eigenvalue weighted by Crippen LogP contribution is 2.41. The van der Waals surface area contributed by atoms with Crippen molar-refractivity contribution in [2.45, 2.75) is 76.8 Å². The van der Waals surface area contributed by atoms with Crippen LogP contribution in [0.2, 0.25) is 0 Å². The molecule has 0 amide bonds. The summed E-state index contributed by atoms with van der Waals surface area (Å²) >= 11 is 0. The second-order valence-corrected chi connectivity index (χ2v) is 10.0. The molecule has 3 atom stereocenters. The van der Waals surface area contributed by atoms with Gasteiger partial charge in [-0.15, -0.1) is 0 Å². The molecular formula is C26H26F3N7O. The summed E-state index contributed by atoms with van der Waals surface area (Å²) in [5, 5.41) is 4.51. The Labute approximate surface area is 211 Å². The maximum atomic E-state index is 13.1. The van der Waals surface area contributed by atoms with Gasteiger partial charge in [-0.25, -0.2) is 19.9 Å². The van der Waals surface area contributed by atoms with Gasteiger partial charge in [0, 0.05) is 29.4 Å². The number of hydrogen-bond acceptors (Lipinski definition) is 7. The first-order valence-electron chi connectivity index (χ1n) is 12.4. The van der Waals surface area contributed by atoms with Gasteiger partial charge >= 0.3 is 6.18 Å². The van der Waals surface area contributed by atoms with Crippen molar-refractivity contribution in [1.29, 1.82) is 0 Å². The van der Waals surface area contributed by atoms with Gasteiger partial charge in [-0.05, 0) is 58.6 Å². The molecule has 6 rings (SSSR count). The van der Waals surface area contributed by atoms with Crippen LogP contribution in [-0.2, 0) is 10.9 Å². The lowest BCUT2D eigenvalue weighted by Gasteiger charge is -2.33. The van der Waals surface area contributed by atoms with Crippen LogP contribution in [0.3, 0.4) is 0 Å². The number of fused-ring (bicyclic) bond motifs is 1. The zero-order valence-electron chi connectivity index (χ0n) is 20.7. The molecule has 0 radical (unpaired) electrons. The Balaban J connectivity index is 1.40. The average molecular weight is 510 g/mol. The summed E-state index contributed by atoms with van der Waals surface area (Å²) in [6, 6.07) is 2.82. The summed E-state index contributed by atoms with van der Waals surface area (Å²) in [6.45, 7) is 5.71. The molecule has 192 valence electrons. The lowest BCUT2D eigenvalue weighted by molar-refractivity contribution is -0.141. The topological polar surface area (TPSA) is 91.5 Å². The molecule has 0 aromatic carbocycles. The van der Waals surface area contributed by atoms with Gasteiger partial charge in [0.15, 0.2) is 5.65 Å². The molecule has 0 unspecified atom stereocenters. The van der Waals surface area contributed by atoms with E-state index in [1.165, 1.54) is 12.3 Å². The number of hydrogen-bond donors (Lipinski definition) is 0. The number of alkyl halides is 3. The van der Waals surface area contributed by atoms with Crippen molar-refractivity contribution < 1.29 is 17.9 Å². The Morgan fingerprint density at radius 3 is 2.46 bits per heavy atom. The highest BCUT2D eigenvalue weighted by Gasteiger charge is 2.34. The van der Waals surface area contributed by atoms with E-state index in [1.54, 1.807) is 0 Å². The van der Waals surface area contributed by atoms with E-state index in [0.29, 0.717) is 52.8 Å². The number of rotatable bonds is 4. The van der Waals surface area contributed by atoms with Crippen molar-refractivity contribution in [3.63, 3.8) is 0 Å². The fourth-order valence-corrected chi connectivity index (χ4v) is 4.84. The van der Waals surface area contributed by atoms with E-state index in [9.17, 15) is 13.2 Å². The van der Waals surface area contributed by atoms with Crippen LogP contribution >= 0.6 is 0 Å². The standard InChI is InChI=1S/C26H26F3N7O/c1-13-8-17(9-20(37-13)18-11-31-36(12-18)19-5-6-19)24-34-22(16-4-7-21(30-10-16)26(27,28)29)23-25(35-24)33-15(3)14(2)32-23/h4,7,10-13,17,19-20H,5-6,8-9H2,1-3H3/t13-,17+,20-/m0/s1. The number of halogens is 3. The molecule has 1 saturated carbocycles. The molecule has 5 heterocycles. The molecular weight excluding hydrogens is 483 g/mol. The van der Waals surface area contributed by atoms with Crippen molar-refractivity contribution in [3.05, 3.63) is 59.2 Å². The first kappa shape index (κ1) is 23.9. The van der Waals surface area contributed by atoms with Gasteiger partial charge in [-0.1, -0.05) is 0 Å². The first-order chi connectivity index (χ1) is 17.7. The SMILES string of the molecule is Cc1nc2nc([C@H]3C[C@@H](c4cnn(C5CC5)c4)O[C@@H](C)C3)nc(-c3ccc(C(F)(F)F)nc3)c2nc1C. The summed E-state index contributed by atoms with van der Waals surface area (Å²) < 4.78 is 47.6. The van der Waals surface area contributed by atoms with Gasteiger partial charge in [-0.2, -0.15) is 18.3 Å². The van der Waals surface area contributed by atoms with E-state index < -0.39 is 11.9 Å². The maximum Gasteiger partial charge on any atom is 0.433 e. The maximum absolute atomic E-state index is 13.1. The molecule has 0 spiro atoms. The molecule has 1 saturated heterocycles. The van der Waals surface area contributed by atoms with Crippen LogP contribution in [0, 0.1) is 13.8 Å². The van der Waals surface area contributed by atoms with Crippen LogP contribution in [0.5, 0.6) is 0 Å². The predicted molar refractivity (Wildman–Crippen MR) is 129 cm³/mol. The summed E-state index contributed by atoms with van der Waals surface area (Å²) in [5.41, 5.74) is 3.23. The van der Waals surface area contributed by atoms with Crippen molar-refractivity contribution in [3.8, 4) is 11.3 Å². The van der Waals surface area contributed by atoms with Crippen molar-refractivity contribution in [2.75, 3.05) is 0 Å². The van der Waals surface area contributed by atoms with Crippen molar-refractivity contribution in [1.82, 2.24) is 34.7 Å². The fourth-order valence-electron chi connectivity index (χ4n) is 4.84. The average Bonchev–Trinajstić information content (AvgIpc) is 3.59. The van der Waals surface area contributed by atoms with Gasteiger partial charge in [-0.3, -0.25) is 9.67 Å². The number of aromatic nitrogens is 7. The lowest BCUT2D eigenvalue weighted by atomic mass is 9.89. The molecule has 0 N–H and O–H groups in total. The molecule has 37 heavy (non-hydrogen) atoms. The van der Waals surface area contributed by atoms with Gasteiger partial charge in [0.2, 0.25) is 0 Å². The van der Waals surface area contributed by atoms with E-state index >= 15 is 0 Å². The Kier molecular flexibility index (Phi) is 5.70. The summed E-state index contributed by atoms with van der Waals surface area (Å²) in [7, 11) is 0. The Bertz CT molecular complexity index is 1460. The summed E-state index contributed by atoms with van der Waals surface area (Å²) in [6.07, 6.45) is 4.09. The molecule has 8 nitrogen and oxygen atoms in total. The minimum Gasteiger partial charge on any atom is -0.370 e. The van der Waals surface area contributed by atoms with E-state index in [1.807, 2.05) is 31.6 Å². The van der Waals surface area contributed by atoms with Crippen LogP contribution in [0.1, 0.15) is 79.1 Å². The van der Waals surface area contributed by atoms with Crippen LogP contribution in [0.4, 0.5) is 13.2 Å². The Hall–Kier alpha value is -3.47. The quantitative estimate of drug-likeness (QED) is 0.350. The van der Waals surface area contributed by atoms with E-state index in [2.05, 4.69) is 26.2 Å². The predicted octanol–water partition coefficient (Wildman–Crippen LogP) is 5.67. The molecule has 0 bridgehead atoms. The van der Waals surface area contributed by atoms with Crippen LogP contribution in [-0.4, -0.2) is 40.8 Å². The van der Waals surface area contributed by atoms with Gasteiger partial charge in [0.25, 0.3) is 0 Å².